The van der Waals surface area contributed by atoms with E-state index in [0.717, 1.165) is 32.2 Å². The molecule has 2 saturated heterocycles. The van der Waals surface area contributed by atoms with E-state index >= 15 is 0 Å². The molecular weight excluding hydrogens is 212 g/mol. The molecular formula is C14H26N2O. The molecule has 1 saturated carbocycles. The Labute approximate surface area is 105 Å². The number of piperazine rings is 1. The summed E-state index contributed by atoms with van der Waals surface area (Å²) in [5, 5.41) is 3.46. The molecule has 17 heavy (non-hydrogen) atoms. The fourth-order valence-electron chi connectivity index (χ4n) is 3.91. The number of hydrogen-bond donors (Lipinski definition) is 1. The Bertz CT molecular complexity index is 276. The molecule has 2 aliphatic heterocycles. The second kappa shape index (κ2) is 4.22. The van der Waals surface area contributed by atoms with Gasteiger partial charge in [-0.25, -0.2) is 0 Å². The van der Waals surface area contributed by atoms with Crippen molar-refractivity contribution in [3.8, 4) is 0 Å². The van der Waals surface area contributed by atoms with E-state index in [1.54, 1.807) is 0 Å². The number of ether oxygens (including phenoxy) is 1. The largest absolute Gasteiger partial charge is 0.380 e. The van der Waals surface area contributed by atoms with E-state index in [4.69, 9.17) is 4.74 Å². The average Bonchev–Trinajstić information content (AvgIpc) is 2.21. The topological polar surface area (TPSA) is 24.5 Å². The summed E-state index contributed by atoms with van der Waals surface area (Å²) in [5.74, 6) is 0.918. The fraction of sp³-hybridized carbons (Fsp3) is 1.00. The molecule has 3 nitrogen and oxygen atoms in total. The van der Waals surface area contributed by atoms with Gasteiger partial charge < -0.3 is 10.1 Å². The minimum atomic E-state index is 0.304. The van der Waals surface area contributed by atoms with Gasteiger partial charge in [0.25, 0.3) is 0 Å². The van der Waals surface area contributed by atoms with Crippen molar-refractivity contribution in [2.75, 3.05) is 39.4 Å². The van der Waals surface area contributed by atoms with Crippen LogP contribution in [0.2, 0.25) is 0 Å². The van der Waals surface area contributed by atoms with E-state index in [0.29, 0.717) is 11.0 Å². The number of nitrogens with zero attached hydrogens (tertiary/aromatic N) is 1. The van der Waals surface area contributed by atoms with Gasteiger partial charge in [0.1, 0.15) is 0 Å². The van der Waals surface area contributed by atoms with Crippen molar-refractivity contribution in [2.45, 2.75) is 38.6 Å². The summed E-state index contributed by atoms with van der Waals surface area (Å²) >= 11 is 0. The molecule has 1 N–H and O–H groups in total. The number of hydrogen-bond acceptors (Lipinski definition) is 3. The van der Waals surface area contributed by atoms with E-state index in [2.05, 4.69) is 24.1 Å². The summed E-state index contributed by atoms with van der Waals surface area (Å²) in [7, 11) is 0. The third-order valence-electron chi connectivity index (χ3n) is 5.73. The van der Waals surface area contributed by atoms with E-state index in [-0.39, 0.29) is 0 Å². The van der Waals surface area contributed by atoms with Gasteiger partial charge in [0.05, 0.1) is 13.2 Å². The van der Waals surface area contributed by atoms with Crippen LogP contribution in [-0.4, -0.2) is 49.8 Å². The van der Waals surface area contributed by atoms with Crippen LogP contribution < -0.4 is 5.32 Å². The Balaban J connectivity index is 1.78. The molecule has 98 valence electrons. The lowest BCUT2D eigenvalue weighted by molar-refractivity contribution is -0.228. The molecule has 3 heteroatoms. The molecule has 0 bridgehead atoms. The lowest BCUT2D eigenvalue weighted by Gasteiger charge is -2.62. The molecule has 0 aromatic carbocycles. The maximum absolute atomic E-state index is 5.63. The van der Waals surface area contributed by atoms with Gasteiger partial charge in [-0.3, -0.25) is 4.90 Å². The second-order valence-corrected chi connectivity index (χ2v) is 6.57. The van der Waals surface area contributed by atoms with Crippen molar-refractivity contribution >= 4 is 0 Å². The highest BCUT2D eigenvalue weighted by atomic mass is 16.5. The van der Waals surface area contributed by atoms with Gasteiger partial charge in [0.2, 0.25) is 0 Å². The molecule has 0 spiro atoms. The fourth-order valence-corrected chi connectivity index (χ4v) is 3.91. The highest BCUT2D eigenvalue weighted by Gasteiger charge is 2.58. The first kappa shape index (κ1) is 11.9. The van der Waals surface area contributed by atoms with Crippen molar-refractivity contribution in [3.05, 3.63) is 0 Å². The first-order chi connectivity index (χ1) is 8.17. The summed E-state index contributed by atoms with van der Waals surface area (Å²) in [6, 6.07) is 0. The molecule has 0 amide bonds. The predicted molar refractivity (Wildman–Crippen MR) is 69.1 cm³/mol. The lowest BCUT2D eigenvalue weighted by atomic mass is 9.55. The summed E-state index contributed by atoms with van der Waals surface area (Å²) < 4.78 is 5.63. The zero-order valence-corrected chi connectivity index (χ0v) is 11.3. The Morgan fingerprint density at radius 1 is 1.18 bits per heavy atom. The molecule has 0 radical (unpaired) electrons. The minimum Gasteiger partial charge on any atom is -0.380 e. The van der Waals surface area contributed by atoms with Crippen molar-refractivity contribution < 1.29 is 4.74 Å². The molecule has 0 aromatic heterocycles. The van der Waals surface area contributed by atoms with E-state index in [9.17, 15) is 0 Å². The second-order valence-electron chi connectivity index (χ2n) is 6.57. The molecule has 3 aliphatic rings. The molecule has 3 rings (SSSR count). The Morgan fingerprint density at radius 2 is 1.82 bits per heavy atom. The molecule has 2 heterocycles. The van der Waals surface area contributed by atoms with Gasteiger partial charge in [0.15, 0.2) is 0 Å². The van der Waals surface area contributed by atoms with Crippen LogP contribution in [0.4, 0.5) is 0 Å². The van der Waals surface area contributed by atoms with Gasteiger partial charge in [0, 0.05) is 37.1 Å². The van der Waals surface area contributed by atoms with Gasteiger partial charge >= 0.3 is 0 Å². The standard InChI is InChI=1S/C14H26N2O/c1-13(2,16-8-6-15-7-9-16)14(10-17-11-14)12-4-3-5-12/h12,15H,3-11H2,1-2H3. The molecule has 0 aromatic rings. The Hall–Kier alpha value is -0.120. The van der Waals surface area contributed by atoms with Crippen LogP contribution in [0.1, 0.15) is 33.1 Å². The Kier molecular flexibility index (Phi) is 2.96. The SMILES string of the molecule is CC(C)(N1CCNCC1)C1(C2CCC2)COC1. The average molecular weight is 238 g/mol. The molecule has 0 atom stereocenters. The summed E-state index contributed by atoms with van der Waals surface area (Å²) in [6.45, 7) is 11.6. The maximum atomic E-state index is 5.63. The molecule has 0 unspecified atom stereocenters. The van der Waals surface area contributed by atoms with Crippen molar-refractivity contribution in [1.29, 1.82) is 0 Å². The predicted octanol–water partition coefficient (Wildman–Crippen LogP) is 1.49. The van der Waals surface area contributed by atoms with Crippen molar-refractivity contribution in [2.24, 2.45) is 11.3 Å². The quantitative estimate of drug-likeness (QED) is 0.806. The molecule has 3 fully saturated rings. The lowest BCUT2D eigenvalue weighted by Crippen LogP contribution is -2.70. The van der Waals surface area contributed by atoms with E-state index in [1.165, 1.54) is 32.4 Å². The first-order valence-electron chi connectivity index (χ1n) is 7.20. The third kappa shape index (κ3) is 1.66. The highest BCUT2D eigenvalue weighted by Crippen LogP contribution is 2.54. The maximum Gasteiger partial charge on any atom is 0.0565 e. The zero-order valence-electron chi connectivity index (χ0n) is 11.3. The Morgan fingerprint density at radius 3 is 2.24 bits per heavy atom. The monoisotopic (exact) mass is 238 g/mol. The van der Waals surface area contributed by atoms with Crippen LogP contribution in [0.3, 0.4) is 0 Å². The van der Waals surface area contributed by atoms with Gasteiger partial charge in [-0.15, -0.1) is 0 Å². The van der Waals surface area contributed by atoms with Crippen LogP contribution in [0.25, 0.3) is 0 Å². The van der Waals surface area contributed by atoms with Crippen LogP contribution >= 0.6 is 0 Å². The normalized spacial score (nSPS) is 30.7. The summed E-state index contributed by atoms with van der Waals surface area (Å²) in [5.41, 5.74) is 0.751. The van der Waals surface area contributed by atoms with Gasteiger partial charge in [-0.1, -0.05) is 6.42 Å². The van der Waals surface area contributed by atoms with Crippen LogP contribution in [0.5, 0.6) is 0 Å². The van der Waals surface area contributed by atoms with Gasteiger partial charge in [-0.2, -0.15) is 0 Å². The number of nitrogens with one attached hydrogen (secondary N) is 1. The van der Waals surface area contributed by atoms with Crippen LogP contribution in [0.15, 0.2) is 0 Å². The van der Waals surface area contributed by atoms with Crippen LogP contribution in [0, 0.1) is 11.3 Å². The minimum absolute atomic E-state index is 0.304. The van der Waals surface area contributed by atoms with Gasteiger partial charge in [-0.05, 0) is 32.6 Å². The van der Waals surface area contributed by atoms with Crippen molar-refractivity contribution in [3.63, 3.8) is 0 Å². The third-order valence-corrected chi connectivity index (χ3v) is 5.73. The smallest absolute Gasteiger partial charge is 0.0565 e. The number of rotatable bonds is 3. The highest BCUT2D eigenvalue weighted by molar-refractivity contribution is 5.09. The summed E-state index contributed by atoms with van der Waals surface area (Å²) in [6.07, 6.45) is 4.29. The van der Waals surface area contributed by atoms with E-state index < -0.39 is 0 Å². The molecule has 1 aliphatic carbocycles. The van der Waals surface area contributed by atoms with Crippen molar-refractivity contribution in [1.82, 2.24) is 10.2 Å². The zero-order chi connectivity index (χ0) is 11.9. The summed E-state index contributed by atoms with van der Waals surface area (Å²) in [4.78, 5) is 2.70. The van der Waals surface area contributed by atoms with Crippen LogP contribution in [-0.2, 0) is 4.74 Å². The first-order valence-corrected chi connectivity index (χ1v) is 7.20. The van der Waals surface area contributed by atoms with E-state index in [1.807, 2.05) is 0 Å².